The number of fused-ring (bicyclic) bond motifs is 1. The third-order valence-corrected chi connectivity index (χ3v) is 5.60. The summed E-state index contributed by atoms with van der Waals surface area (Å²) in [5.41, 5.74) is -3.10. The number of esters is 2. The number of carbonyl (C=O) groups is 2. The monoisotopic (exact) mass is 386 g/mol. The van der Waals surface area contributed by atoms with Crippen LogP contribution in [0.2, 0.25) is 0 Å². The van der Waals surface area contributed by atoms with Gasteiger partial charge in [-0.2, -0.15) is 13.2 Å². The van der Waals surface area contributed by atoms with Gasteiger partial charge in [0.2, 0.25) is 0 Å². The van der Waals surface area contributed by atoms with E-state index in [0.29, 0.717) is 5.56 Å². The van der Waals surface area contributed by atoms with Crippen LogP contribution in [0.4, 0.5) is 13.2 Å². The molecule has 0 amide bonds. The zero-order valence-corrected chi connectivity index (χ0v) is 15.2. The van der Waals surface area contributed by atoms with Crippen molar-refractivity contribution in [2.75, 3.05) is 6.61 Å². The van der Waals surface area contributed by atoms with Crippen LogP contribution in [0.5, 0.6) is 0 Å². The van der Waals surface area contributed by atoms with Gasteiger partial charge in [0, 0.05) is 12.3 Å². The summed E-state index contributed by atoms with van der Waals surface area (Å²) in [4.78, 5) is 24.7. The lowest BCUT2D eigenvalue weighted by Crippen LogP contribution is -2.66. The summed E-state index contributed by atoms with van der Waals surface area (Å²) in [6, 6.07) is 4.38. The van der Waals surface area contributed by atoms with E-state index < -0.39 is 52.6 Å². The number of alkyl halides is 3. The first-order valence-corrected chi connectivity index (χ1v) is 8.71. The first-order valence-electron chi connectivity index (χ1n) is 8.71. The molecule has 1 N–H and O–H groups in total. The number of benzene rings is 1. The van der Waals surface area contributed by atoms with Crippen LogP contribution < -0.4 is 0 Å². The minimum atomic E-state index is -4.49. The van der Waals surface area contributed by atoms with Crippen LogP contribution in [0.1, 0.15) is 44.2 Å². The standard InChI is InChI=1S/C19H21F3O5/c1-4-26-15(23)12-9-18(17(2,3)25)14(16(24)27-18)13(12)10-5-7-11(8-6-10)19(20,21)22/h5-8,12-14,25H,4,9H2,1-3H3/t12-,13-,14-,18-/m1/s1. The highest BCUT2D eigenvalue weighted by atomic mass is 19.4. The van der Waals surface area contributed by atoms with Crippen LogP contribution in [0.15, 0.2) is 24.3 Å². The molecule has 1 saturated heterocycles. The summed E-state index contributed by atoms with van der Waals surface area (Å²) < 4.78 is 49.0. The largest absolute Gasteiger partial charge is 0.466 e. The molecular formula is C19H21F3O5. The van der Waals surface area contributed by atoms with E-state index in [2.05, 4.69) is 0 Å². The van der Waals surface area contributed by atoms with Crippen molar-refractivity contribution in [3.05, 3.63) is 35.4 Å². The van der Waals surface area contributed by atoms with Crippen molar-refractivity contribution in [1.29, 1.82) is 0 Å². The Bertz CT molecular complexity index is 750. The molecule has 27 heavy (non-hydrogen) atoms. The molecule has 1 aliphatic carbocycles. The van der Waals surface area contributed by atoms with Gasteiger partial charge >= 0.3 is 18.1 Å². The molecule has 1 aromatic rings. The zero-order valence-electron chi connectivity index (χ0n) is 15.2. The highest BCUT2D eigenvalue weighted by Crippen LogP contribution is 2.61. The van der Waals surface area contributed by atoms with E-state index in [0.717, 1.165) is 12.1 Å². The Balaban J connectivity index is 2.04. The van der Waals surface area contributed by atoms with Gasteiger partial charge in [0.1, 0.15) is 5.92 Å². The molecule has 2 fully saturated rings. The van der Waals surface area contributed by atoms with Gasteiger partial charge in [-0.25, -0.2) is 0 Å². The molecule has 1 aromatic carbocycles. The fraction of sp³-hybridized carbons (Fsp3) is 0.579. The maximum atomic E-state index is 12.9. The molecule has 3 rings (SSSR count). The SMILES string of the molecule is CCOC(=O)[C@@H]1C[C@@]2(C(C)(C)O)OC(=O)[C@H]2[C@@H]1c1ccc(C(F)(F)F)cc1. The summed E-state index contributed by atoms with van der Waals surface area (Å²) >= 11 is 0. The van der Waals surface area contributed by atoms with E-state index in [-0.39, 0.29) is 13.0 Å². The smallest absolute Gasteiger partial charge is 0.416 e. The molecule has 4 atom stereocenters. The number of ether oxygens (including phenoxy) is 2. The van der Waals surface area contributed by atoms with Crippen molar-refractivity contribution in [2.45, 2.75) is 50.5 Å². The lowest BCUT2D eigenvalue weighted by Gasteiger charge is -2.51. The van der Waals surface area contributed by atoms with Gasteiger partial charge in [-0.1, -0.05) is 12.1 Å². The van der Waals surface area contributed by atoms with E-state index in [9.17, 15) is 27.9 Å². The predicted molar refractivity (Wildman–Crippen MR) is 87.5 cm³/mol. The van der Waals surface area contributed by atoms with Crippen LogP contribution in [0.25, 0.3) is 0 Å². The van der Waals surface area contributed by atoms with Gasteiger partial charge in [0.05, 0.1) is 23.7 Å². The summed E-state index contributed by atoms with van der Waals surface area (Å²) in [5, 5.41) is 10.6. The molecule has 0 radical (unpaired) electrons. The number of carbonyl (C=O) groups excluding carboxylic acids is 2. The van der Waals surface area contributed by atoms with E-state index >= 15 is 0 Å². The van der Waals surface area contributed by atoms with E-state index in [1.54, 1.807) is 6.92 Å². The second-order valence-corrected chi connectivity index (χ2v) is 7.56. The minimum absolute atomic E-state index is 0.0530. The van der Waals surface area contributed by atoms with Gasteiger partial charge in [0.25, 0.3) is 0 Å². The third kappa shape index (κ3) is 2.99. The van der Waals surface area contributed by atoms with E-state index in [1.807, 2.05) is 0 Å². The van der Waals surface area contributed by atoms with Crippen molar-refractivity contribution in [3.63, 3.8) is 0 Å². The van der Waals surface area contributed by atoms with Gasteiger partial charge in [-0.05, 0) is 38.5 Å². The molecular weight excluding hydrogens is 365 g/mol. The lowest BCUT2D eigenvalue weighted by molar-refractivity contribution is -0.250. The molecule has 1 aliphatic heterocycles. The number of hydrogen-bond acceptors (Lipinski definition) is 5. The van der Waals surface area contributed by atoms with Crippen molar-refractivity contribution in [2.24, 2.45) is 11.8 Å². The fourth-order valence-corrected chi connectivity index (χ4v) is 4.28. The minimum Gasteiger partial charge on any atom is -0.466 e. The average molecular weight is 386 g/mol. The summed E-state index contributed by atoms with van der Waals surface area (Å²) in [7, 11) is 0. The summed E-state index contributed by atoms with van der Waals surface area (Å²) in [6.07, 6.45) is -4.43. The molecule has 5 nitrogen and oxygen atoms in total. The van der Waals surface area contributed by atoms with Crippen LogP contribution in [0, 0.1) is 11.8 Å². The van der Waals surface area contributed by atoms with Gasteiger partial charge in [0.15, 0.2) is 5.60 Å². The lowest BCUT2D eigenvalue weighted by atomic mass is 9.70. The topological polar surface area (TPSA) is 72.8 Å². The van der Waals surface area contributed by atoms with Crippen LogP contribution >= 0.6 is 0 Å². The van der Waals surface area contributed by atoms with Gasteiger partial charge < -0.3 is 14.6 Å². The highest BCUT2D eigenvalue weighted by Gasteiger charge is 2.73. The fourth-order valence-electron chi connectivity index (χ4n) is 4.28. The Hall–Kier alpha value is -2.09. The van der Waals surface area contributed by atoms with Crippen LogP contribution in [0.3, 0.4) is 0 Å². The average Bonchev–Trinajstić information content (AvgIpc) is 2.84. The molecule has 1 heterocycles. The van der Waals surface area contributed by atoms with E-state index in [1.165, 1.54) is 26.0 Å². The highest BCUT2D eigenvalue weighted by molar-refractivity contribution is 5.87. The first-order chi connectivity index (χ1) is 12.4. The van der Waals surface area contributed by atoms with Gasteiger partial charge in [-0.3, -0.25) is 9.59 Å². The Kier molecular flexibility index (Phi) is 4.53. The first kappa shape index (κ1) is 19.7. The normalized spacial score (nSPS) is 30.3. The predicted octanol–water partition coefficient (Wildman–Crippen LogP) is 3.05. The summed E-state index contributed by atoms with van der Waals surface area (Å²) in [5.74, 6) is -3.49. The number of hydrogen-bond donors (Lipinski definition) is 1. The molecule has 2 aliphatic rings. The molecule has 148 valence electrons. The molecule has 0 aromatic heterocycles. The molecule has 8 heteroatoms. The molecule has 0 spiro atoms. The summed E-state index contributed by atoms with van der Waals surface area (Å²) in [6.45, 7) is 4.75. The van der Waals surface area contributed by atoms with Crippen molar-refractivity contribution in [3.8, 4) is 0 Å². The Morgan fingerprint density at radius 3 is 2.33 bits per heavy atom. The quantitative estimate of drug-likeness (QED) is 0.806. The Labute approximate surface area is 154 Å². The molecule has 0 unspecified atom stereocenters. The number of aliphatic hydroxyl groups is 1. The third-order valence-electron chi connectivity index (χ3n) is 5.60. The second-order valence-electron chi connectivity index (χ2n) is 7.56. The Morgan fingerprint density at radius 1 is 1.30 bits per heavy atom. The number of halogens is 3. The maximum Gasteiger partial charge on any atom is 0.416 e. The van der Waals surface area contributed by atoms with Crippen molar-refractivity contribution >= 4 is 11.9 Å². The van der Waals surface area contributed by atoms with Crippen LogP contribution in [-0.4, -0.2) is 34.9 Å². The van der Waals surface area contributed by atoms with Gasteiger partial charge in [-0.15, -0.1) is 0 Å². The van der Waals surface area contributed by atoms with Crippen LogP contribution in [-0.2, 0) is 25.2 Å². The second kappa shape index (κ2) is 6.22. The molecule has 1 saturated carbocycles. The number of rotatable bonds is 4. The van der Waals surface area contributed by atoms with E-state index in [4.69, 9.17) is 9.47 Å². The Morgan fingerprint density at radius 2 is 1.89 bits per heavy atom. The maximum absolute atomic E-state index is 12.9. The molecule has 0 bridgehead atoms. The van der Waals surface area contributed by atoms with Crippen molar-refractivity contribution < 1.29 is 37.3 Å². The zero-order chi connectivity index (χ0) is 20.2. The van der Waals surface area contributed by atoms with Crippen molar-refractivity contribution in [1.82, 2.24) is 0 Å².